The molecule has 6 heterocycles. The molecule has 4 N–H and O–H groups in total. The van der Waals surface area contributed by atoms with Gasteiger partial charge in [0.2, 0.25) is 0 Å². The average Bonchev–Trinajstić information content (AvgIpc) is 3.11. The molecule has 0 atom stereocenters. The molecule has 0 saturated heterocycles. The third-order valence-electron chi connectivity index (χ3n) is 6.58. The van der Waals surface area contributed by atoms with Gasteiger partial charge in [-0.05, 0) is 72.8 Å². The van der Waals surface area contributed by atoms with Crippen LogP contribution in [-0.2, 0) is 19.5 Å². The zero-order valence-corrected chi connectivity index (χ0v) is 31.9. The van der Waals surface area contributed by atoms with Crippen LogP contribution in [0.3, 0.4) is 0 Å². The van der Waals surface area contributed by atoms with Crippen LogP contribution in [-0.4, -0.2) is 29.9 Å². The second-order valence-corrected chi connectivity index (χ2v) is 15.1. The van der Waals surface area contributed by atoms with Gasteiger partial charge in [0.05, 0.1) is 33.5 Å². The molecular formula is C34H26F12N8P2Ru. The number of aromatic nitrogens is 6. The number of halogens is 12. The van der Waals surface area contributed by atoms with Gasteiger partial charge in [-0.1, -0.05) is 24.3 Å². The average molecular weight is 938 g/mol. The fourth-order valence-electron chi connectivity index (χ4n) is 4.64. The molecule has 0 aliphatic rings. The predicted molar refractivity (Wildman–Crippen MR) is 198 cm³/mol. The van der Waals surface area contributed by atoms with Crippen molar-refractivity contribution in [3.63, 3.8) is 0 Å². The van der Waals surface area contributed by atoms with Crippen LogP contribution < -0.4 is 11.5 Å². The number of anilines is 2. The Morgan fingerprint density at radius 2 is 0.632 bits per heavy atom. The Balaban J connectivity index is 0.000000197. The minimum atomic E-state index is -10.7. The maximum Gasteiger partial charge on any atom is 2.00 e. The van der Waals surface area contributed by atoms with Crippen molar-refractivity contribution in [1.82, 2.24) is 29.9 Å². The van der Waals surface area contributed by atoms with E-state index in [1.165, 1.54) is 0 Å². The number of nitrogen functional groups attached to an aromatic ring is 2. The van der Waals surface area contributed by atoms with Crippen molar-refractivity contribution in [2.75, 3.05) is 11.5 Å². The first-order valence-corrected chi connectivity index (χ1v) is 19.4. The number of rotatable bonds is 1. The zero-order valence-electron chi connectivity index (χ0n) is 28.3. The van der Waals surface area contributed by atoms with Gasteiger partial charge in [0.1, 0.15) is 0 Å². The maximum atomic E-state index is 9.87. The van der Waals surface area contributed by atoms with Crippen molar-refractivity contribution in [3.8, 4) is 11.4 Å². The fraction of sp³-hybridized carbons (Fsp3) is 0. The summed E-state index contributed by atoms with van der Waals surface area (Å²) in [6.07, 6.45) is 10.6. The van der Waals surface area contributed by atoms with Gasteiger partial charge in [0.25, 0.3) is 0 Å². The molecule has 0 spiro atoms. The van der Waals surface area contributed by atoms with E-state index in [1.54, 1.807) is 37.2 Å². The van der Waals surface area contributed by atoms with Gasteiger partial charge in [-0.25, -0.2) is 0 Å². The van der Waals surface area contributed by atoms with Gasteiger partial charge in [-0.3, -0.25) is 29.9 Å². The minimum absolute atomic E-state index is 0. The van der Waals surface area contributed by atoms with E-state index in [-0.39, 0.29) is 19.5 Å². The molecule has 6 aromatic heterocycles. The Morgan fingerprint density at radius 3 is 0.930 bits per heavy atom. The van der Waals surface area contributed by atoms with Crippen LogP contribution in [0.4, 0.5) is 61.7 Å². The molecule has 304 valence electrons. The standard InChI is InChI=1S/2C12H9N3.C10H8N2.2F6P.Ru/c2*13-10-7-8-3-1-5-14-11(8)12-9(10)4-2-6-15-12;1-3-7-11-9(5-1)10-6-2-4-8-12-10;2*1-7(2,3,4,5)6;/h2*1-7H,13H2;1-8H;;;/q;;;2*-1;+2. The van der Waals surface area contributed by atoms with Crippen molar-refractivity contribution in [3.05, 3.63) is 134 Å². The van der Waals surface area contributed by atoms with E-state index >= 15 is 0 Å². The summed E-state index contributed by atoms with van der Waals surface area (Å²) in [5.74, 6) is 0. The van der Waals surface area contributed by atoms with E-state index in [1.807, 2.05) is 97.1 Å². The number of hydrogen-bond donors (Lipinski definition) is 2. The molecule has 2 aromatic carbocycles. The second-order valence-electron chi connectivity index (χ2n) is 11.2. The van der Waals surface area contributed by atoms with E-state index in [9.17, 15) is 50.4 Å². The number of hydrogen-bond acceptors (Lipinski definition) is 8. The number of nitrogens with zero attached hydrogens (tertiary/aromatic N) is 6. The molecule has 0 fully saturated rings. The molecule has 0 saturated carbocycles. The third kappa shape index (κ3) is 17.5. The predicted octanol–water partition coefficient (Wildman–Crippen LogP) is 13.6. The first kappa shape index (κ1) is 46.0. The molecule has 0 radical (unpaired) electrons. The molecule has 8 nitrogen and oxygen atoms in total. The molecule has 0 bridgehead atoms. The number of fused-ring (bicyclic) bond motifs is 6. The van der Waals surface area contributed by atoms with E-state index in [2.05, 4.69) is 29.9 Å². The van der Waals surface area contributed by atoms with Crippen molar-refractivity contribution in [2.24, 2.45) is 0 Å². The summed E-state index contributed by atoms with van der Waals surface area (Å²) >= 11 is 0. The molecule has 23 heteroatoms. The minimum Gasteiger partial charge on any atom is -0.398 e. The van der Waals surface area contributed by atoms with E-state index in [0.29, 0.717) is 0 Å². The summed E-state index contributed by atoms with van der Waals surface area (Å²) in [7, 11) is -21.3. The Kier molecular flexibility index (Phi) is 12.8. The molecule has 0 unspecified atom stereocenters. The second kappa shape index (κ2) is 15.9. The first-order valence-electron chi connectivity index (χ1n) is 15.3. The van der Waals surface area contributed by atoms with Gasteiger partial charge < -0.3 is 11.5 Å². The van der Waals surface area contributed by atoms with Crippen molar-refractivity contribution in [2.45, 2.75) is 0 Å². The Morgan fingerprint density at radius 1 is 0.351 bits per heavy atom. The number of pyridine rings is 6. The van der Waals surface area contributed by atoms with Gasteiger partial charge in [-0.15, -0.1) is 0 Å². The molecule has 8 aromatic rings. The Bertz CT molecular complexity index is 2410. The van der Waals surface area contributed by atoms with E-state index in [4.69, 9.17) is 11.5 Å². The molecule has 0 aliphatic heterocycles. The zero-order chi connectivity index (χ0) is 41.5. The smallest absolute Gasteiger partial charge is 0.398 e. The molecular weight excluding hydrogens is 911 g/mol. The third-order valence-corrected chi connectivity index (χ3v) is 6.58. The monoisotopic (exact) mass is 938 g/mol. The van der Waals surface area contributed by atoms with Crippen LogP contribution in [0.1, 0.15) is 0 Å². The topological polar surface area (TPSA) is 129 Å². The summed E-state index contributed by atoms with van der Waals surface area (Å²) in [5.41, 5.74) is 18.8. The summed E-state index contributed by atoms with van der Waals surface area (Å²) in [4.78, 5) is 25.7. The normalized spacial score (nSPS) is 13.5. The van der Waals surface area contributed by atoms with Crippen molar-refractivity contribution in [1.29, 1.82) is 0 Å². The SMILES string of the molecule is F[P-](F)(F)(F)(F)F.F[P-](F)(F)(F)(F)F.Nc1cc2cccnc2c2ncccc12.Nc1cc2cccnc2c2ncccc12.[Ru+2].c1ccc(-c2ccccn2)nc1. The molecule has 0 amide bonds. The van der Waals surface area contributed by atoms with E-state index < -0.39 is 15.6 Å². The van der Waals surface area contributed by atoms with Gasteiger partial charge in [0.15, 0.2) is 0 Å². The Labute approximate surface area is 326 Å². The maximum absolute atomic E-state index is 10.7. The summed E-state index contributed by atoms with van der Waals surface area (Å²) in [5, 5.41) is 3.98. The van der Waals surface area contributed by atoms with Crippen LogP contribution in [0.15, 0.2) is 134 Å². The first-order chi connectivity index (χ1) is 25.6. The van der Waals surface area contributed by atoms with Crippen molar-refractivity contribution < 1.29 is 69.8 Å². The van der Waals surface area contributed by atoms with Crippen molar-refractivity contribution >= 4 is 70.6 Å². The number of nitrogens with two attached hydrogens (primary N) is 2. The molecule has 57 heavy (non-hydrogen) atoms. The number of benzene rings is 2. The van der Waals surface area contributed by atoms with Crippen LogP contribution >= 0.6 is 15.6 Å². The summed E-state index contributed by atoms with van der Waals surface area (Å²) in [6.45, 7) is 0. The van der Waals surface area contributed by atoms with Gasteiger partial charge >= 0.3 is 85.5 Å². The Hall–Kier alpha value is -5.38. The van der Waals surface area contributed by atoms with E-state index in [0.717, 1.165) is 66.4 Å². The summed E-state index contributed by atoms with van der Waals surface area (Å²) < 4.78 is 118. The quantitative estimate of drug-likeness (QED) is 0.0547. The molecule has 8 rings (SSSR count). The largest absolute Gasteiger partial charge is 2.00 e. The molecule has 0 aliphatic carbocycles. The fourth-order valence-corrected chi connectivity index (χ4v) is 4.64. The van der Waals surface area contributed by atoms with Crippen LogP contribution in [0, 0.1) is 0 Å². The van der Waals surface area contributed by atoms with Crippen LogP contribution in [0.5, 0.6) is 0 Å². The van der Waals surface area contributed by atoms with Crippen LogP contribution in [0.2, 0.25) is 0 Å². The van der Waals surface area contributed by atoms with Gasteiger partial charge in [-0.2, -0.15) is 0 Å². The van der Waals surface area contributed by atoms with Crippen LogP contribution in [0.25, 0.3) is 55.0 Å². The summed E-state index contributed by atoms with van der Waals surface area (Å²) in [6, 6.07) is 30.9. The van der Waals surface area contributed by atoms with Gasteiger partial charge in [0, 0.05) is 70.1 Å².